The Bertz CT molecular complexity index is 1390. The van der Waals surface area contributed by atoms with Crippen molar-refractivity contribution in [2.24, 2.45) is 0 Å². The third kappa shape index (κ3) is 4.24. The third-order valence-corrected chi connectivity index (χ3v) is 6.97. The lowest BCUT2D eigenvalue weighted by atomic mass is 9.80. The SMILES string of the molecule is Cc1c(Cl)cccc1C1(Nc2ccc3ncn(C4CC4)c(=O)c3c2F)CN(C(=O)OC(C)(C)C)C1. The monoisotopic (exact) mass is 498 g/mol. The topological polar surface area (TPSA) is 76.5 Å². The number of carbonyl (C=O) groups excluding carboxylic acids is 1. The van der Waals surface area contributed by atoms with E-state index in [1.165, 1.54) is 10.9 Å². The Kier molecular flexibility index (Phi) is 5.55. The van der Waals surface area contributed by atoms with Crippen molar-refractivity contribution in [1.29, 1.82) is 0 Å². The number of benzene rings is 2. The Labute approximate surface area is 207 Å². The summed E-state index contributed by atoms with van der Waals surface area (Å²) >= 11 is 6.41. The number of nitrogens with zero attached hydrogens (tertiary/aromatic N) is 3. The molecule has 1 aliphatic carbocycles. The van der Waals surface area contributed by atoms with Crippen LogP contribution >= 0.6 is 11.6 Å². The van der Waals surface area contributed by atoms with Gasteiger partial charge in [0.1, 0.15) is 11.0 Å². The summed E-state index contributed by atoms with van der Waals surface area (Å²) in [4.78, 5) is 31.6. The maximum absolute atomic E-state index is 15.8. The van der Waals surface area contributed by atoms with Crippen LogP contribution in [0.4, 0.5) is 14.9 Å². The normalized spacial score (nSPS) is 17.3. The van der Waals surface area contributed by atoms with Gasteiger partial charge < -0.3 is 15.0 Å². The summed E-state index contributed by atoms with van der Waals surface area (Å²) in [5, 5.41) is 3.86. The van der Waals surface area contributed by atoms with E-state index >= 15 is 4.39 Å². The smallest absolute Gasteiger partial charge is 0.410 e. The average molecular weight is 499 g/mol. The molecule has 1 saturated heterocycles. The predicted molar refractivity (Wildman–Crippen MR) is 134 cm³/mol. The van der Waals surface area contributed by atoms with Gasteiger partial charge in [-0.05, 0) is 69.9 Å². The van der Waals surface area contributed by atoms with E-state index < -0.39 is 23.1 Å². The molecule has 2 aromatic carbocycles. The van der Waals surface area contributed by atoms with Crippen LogP contribution in [0.25, 0.3) is 10.9 Å². The van der Waals surface area contributed by atoms with Gasteiger partial charge in [0.2, 0.25) is 0 Å². The van der Waals surface area contributed by atoms with E-state index in [1.54, 1.807) is 23.1 Å². The van der Waals surface area contributed by atoms with E-state index in [1.807, 2.05) is 39.8 Å². The first kappa shape index (κ1) is 23.6. The highest BCUT2D eigenvalue weighted by molar-refractivity contribution is 6.31. The summed E-state index contributed by atoms with van der Waals surface area (Å²) in [5.41, 5.74) is 0.359. The van der Waals surface area contributed by atoms with Crippen LogP contribution in [0, 0.1) is 12.7 Å². The van der Waals surface area contributed by atoms with Crippen molar-refractivity contribution in [3.63, 3.8) is 0 Å². The fourth-order valence-corrected chi connectivity index (χ4v) is 4.83. The van der Waals surface area contributed by atoms with Gasteiger partial charge in [0.05, 0.1) is 36.2 Å². The van der Waals surface area contributed by atoms with Gasteiger partial charge in [0, 0.05) is 11.1 Å². The van der Waals surface area contributed by atoms with Gasteiger partial charge in [-0.15, -0.1) is 0 Å². The van der Waals surface area contributed by atoms with Crippen LogP contribution in [0.15, 0.2) is 41.5 Å². The van der Waals surface area contributed by atoms with Crippen molar-refractivity contribution in [2.75, 3.05) is 18.4 Å². The Morgan fingerprint density at radius 2 is 1.94 bits per heavy atom. The fraction of sp³-hybridized carbons (Fsp3) is 0.423. The number of halogens is 2. The van der Waals surface area contributed by atoms with Crippen LogP contribution in [0.1, 0.15) is 50.8 Å². The molecule has 2 aliphatic rings. The number of hydrogen-bond acceptors (Lipinski definition) is 5. The van der Waals surface area contributed by atoms with E-state index in [2.05, 4.69) is 10.3 Å². The first-order valence-electron chi connectivity index (χ1n) is 11.7. The van der Waals surface area contributed by atoms with Gasteiger partial charge >= 0.3 is 6.09 Å². The Hall–Kier alpha value is -3.13. The molecule has 9 heteroatoms. The first-order valence-corrected chi connectivity index (χ1v) is 12.1. The minimum Gasteiger partial charge on any atom is -0.444 e. The molecule has 184 valence electrons. The molecule has 0 radical (unpaired) electrons. The molecule has 2 heterocycles. The second-order valence-corrected chi connectivity index (χ2v) is 10.9. The van der Waals surface area contributed by atoms with Crippen molar-refractivity contribution in [2.45, 2.75) is 57.7 Å². The summed E-state index contributed by atoms with van der Waals surface area (Å²) in [5.74, 6) is -0.648. The third-order valence-electron chi connectivity index (χ3n) is 6.56. The minimum absolute atomic E-state index is 0.0364. The molecule has 3 aromatic rings. The van der Waals surface area contributed by atoms with Crippen molar-refractivity contribution in [1.82, 2.24) is 14.5 Å². The molecule has 1 saturated carbocycles. The number of amides is 1. The number of carbonyl (C=O) groups is 1. The number of anilines is 1. The van der Waals surface area contributed by atoms with Crippen LogP contribution in [0.3, 0.4) is 0 Å². The number of fused-ring (bicyclic) bond motifs is 1. The molecule has 7 nitrogen and oxygen atoms in total. The van der Waals surface area contributed by atoms with Crippen LogP contribution in [0.2, 0.25) is 5.02 Å². The number of aromatic nitrogens is 2. The quantitative estimate of drug-likeness (QED) is 0.522. The van der Waals surface area contributed by atoms with E-state index in [9.17, 15) is 9.59 Å². The molecule has 1 amide bonds. The van der Waals surface area contributed by atoms with Gasteiger partial charge in [0.15, 0.2) is 5.82 Å². The lowest BCUT2D eigenvalue weighted by molar-refractivity contribution is -0.00494. The molecule has 2 fully saturated rings. The highest BCUT2D eigenvalue weighted by Gasteiger charge is 2.49. The molecule has 0 spiro atoms. The van der Waals surface area contributed by atoms with E-state index in [0.717, 1.165) is 24.0 Å². The average Bonchev–Trinajstić information content (AvgIpc) is 3.58. The highest BCUT2D eigenvalue weighted by Crippen LogP contribution is 2.41. The molecule has 35 heavy (non-hydrogen) atoms. The van der Waals surface area contributed by atoms with Gasteiger partial charge in [-0.1, -0.05) is 23.7 Å². The summed E-state index contributed by atoms with van der Waals surface area (Å²) in [6.45, 7) is 7.82. The van der Waals surface area contributed by atoms with E-state index in [4.69, 9.17) is 16.3 Å². The van der Waals surface area contributed by atoms with Gasteiger partial charge in [-0.25, -0.2) is 14.2 Å². The molecule has 5 rings (SSSR count). The van der Waals surface area contributed by atoms with Crippen LogP contribution in [-0.2, 0) is 10.3 Å². The van der Waals surface area contributed by atoms with Crippen LogP contribution in [-0.4, -0.2) is 39.2 Å². The molecule has 1 N–H and O–H groups in total. The van der Waals surface area contributed by atoms with E-state index in [0.29, 0.717) is 10.5 Å². The van der Waals surface area contributed by atoms with Crippen LogP contribution < -0.4 is 10.9 Å². The highest BCUT2D eigenvalue weighted by atomic mass is 35.5. The zero-order valence-corrected chi connectivity index (χ0v) is 20.9. The first-order chi connectivity index (χ1) is 16.5. The Morgan fingerprint density at radius 1 is 1.23 bits per heavy atom. The minimum atomic E-state index is -0.807. The lowest BCUT2D eigenvalue weighted by Crippen LogP contribution is -2.65. The van der Waals surface area contributed by atoms with Gasteiger partial charge in [0.25, 0.3) is 5.56 Å². The summed E-state index contributed by atoms with van der Waals surface area (Å²) in [6.07, 6.45) is 2.84. The number of ether oxygens (including phenoxy) is 1. The maximum Gasteiger partial charge on any atom is 0.410 e. The largest absolute Gasteiger partial charge is 0.444 e. The summed E-state index contributed by atoms with van der Waals surface area (Å²) in [7, 11) is 0. The molecule has 1 aliphatic heterocycles. The second-order valence-electron chi connectivity index (χ2n) is 10.5. The zero-order valence-electron chi connectivity index (χ0n) is 20.2. The van der Waals surface area contributed by atoms with Gasteiger partial charge in [-0.2, -0.15) is 0 Å². The van der Waals surface area contributed by atoms with Crippen LogP contribution in [0.5, 0.6) is 0 Å². The summed E-state index contributed by atoms with van der Waals surface area (Å²) in [6, 6.07) is 8.86. The number of hydrogen-bond donors (Lipinski definition) is 1. The van der Waals surface area contributed by atoms with Gasteiger partial charge in [-0.3, -0.25) is 9.36 Å². The fourth-order valence-electron chi connectivity index (χ4n) is 4.65. The standard InChI is InChI=1S/C26H28ClFN4O3/c1-15-17(6-5-7-18(15)27)26(12-31(13-26)24(34)35-25(2,3)4)30-20-11-10-19-21(22(20)28)23(33)32(14-29-19)16-8-9-16/h5-7,10-11,14,16,30H,8-9,12-13H2,1-4H3. The summed E-state index contributed by atoms with van der Waals surface area (Å²) < 4.78 is 22.8. The number of likely N-dealkylation sites (tertiary alicyclic amines) is 1. The van der Waals surface area contributed by atoms with Crippen molar-refractivity contribution < 1.29 is 13.9 Å². The number of rotatable bonds is 4. The number of nitrogens with one attached hydrogen (secondary N) is 1. The molecule has 0 atom stereocenters. The molecule has 1 aromatic heterocycles. The van der Waals surface area contributed by atoms with Crippen molar-refractivity contribution >= 4 is 34.3 Å². The Balaban J connectivity index is 1.54. The second kappa shape index (κ2) is 8.22. The van der Waals surface area contributed by atoms with E-state index in [-0.39, 0.29) is 35.8 Å². The maximum atomic E-state index is 15.8. The molecule has 0 unspecified atom stereocenters. The molecular formula is C26H28ClFN4O3. The van der Waals surface area contributed by atoms with Crippen molar-refractivity contribution in [3.05, 3.63) is 69.0 Å². The molecular weight excluding hydrogens is 471 g/mol. The predicted octanol–water partition coefficient (Wildman–Crippen LogP) is 5.39. The van der Waals surface area contributed by atoms with Crippen molar-refractivity contribution in [3.8, 4) is 0 Å². The Morgan fingerprint density at radius 3 is 2.60 bits per heavy atom. The molecule has 0 bridgehead atoms. The zero-order chi connectivity index (χ0) is 25.1. The lowest BCUT2D eigenvalue weighted by Gasteiger charge is -2.51.